The summed E-state index contributed by atoms with van der Waals surface area (Å²) in [6.07, 6.45) is 1.53. The fourth-order valence-corrected chi connectivity index (χ4v) is 4.43. The molecule has 2 heterocycles. The van der Waals surface area contributed by atoms with Gasteiger partial charge in [0, 0.05) is 41.6 Å². The number of hydrogen-bond donors (Lipinski definition) is 3. The summed E-state index contributed by atoms with van der Waals surface area (Å²) in [5.74, 6) is 1.76. The molecule has 4 aromatic rings. The van der Waals surface area contributed by atoms with Crippen molar-refractivity contribution in [3.05, 3.63) is 77.9 Å². The lowest BCUT2D eigenvalue weighted by atomic mass is 10.2. The van der Waals surface area contributed by atoms with Crippen molar-refractivity contribution < 1.29 is 8.42 Å². The second-order valence-corrected chi connectivity index (χ2v) is 9.56. The molecule has 0 saturated carbocycles. The maximum absolute atomic E-state index is 12.7. The van der Waals surface area contributed by atoms with Crippen LogP contribution in [0.25, 0.3) is 0 Å². The number of hydrogen-bond acceptors (Lipinski definition) is 7. The first kappa shape index (κ1) is 23.2. The van der Waals surface area contributed by atoms with Gasteiger partial charge >= 0.3 is 0 Å². The van der Waals surface area contributed by atoms with E-state index in [4.69, 9.17) is 0 Å². The molecule has 0 atom stereocenters. The molecular weight excluding hydrogens is 450 g/mol. The van der Waals surface area contributed by atoms with Gasteiger partial charge in [0.2, 0.25) is 5.95 Å². The molecule has 2 aromatic heterocycles. The van der Waals surface area contributed by atoms with E-state index in [9.17, 15) is 8.42 Å². The average Bonchev–Trinajstić information content (AvgIpc) is 3.18. The lowest BCUT2D eigenvalue weighted by Gasteiger charge is -2.11. The van der Waals surface area contributed by atoms with Gasteiger partial charge in [-0.1, -0.05) is 17.7 Å². The lowest BCUT2D eigenvalue weighted by Crippen LogP contribution is -2.13. The van der Waals surface area contributed by atoms with E-state index in [1.807, 2.05) is 51.1 Å². The molecule has 34 heavy (non-hydrogen) atoms. The monoisotopic (exact) mass is 477 g/mol. The van der Waals surface area contributed by atoms with Crippen LogP contribution in [-0.4, -0.2) is 27.9 Å². The van der Waals surface area contributed by atoms with E-state index >= 15 is 0 Å². The van der Waals surface area contributed by atoms with Crippen LogP contribution in [0.3, 0.4) is 0 Å². The Morgan fingerprint density at radius 1 is 0.824 bits per heavy atom. The molecule has 0 aliphatic carbocycles. The summed E-state index contributed by atoms with van der Waals surface area (Å²) in [5, 5.41) is 6.45. The Kier molecular flexibility index (Phi) is 6.51. The number of benzene rings is 2. The average molecular weight is 478 g/mol. The highest BCUT2D eigenvalue weighted by molar-refractivity contribution is 7.92. The van der Waals surface area contributed by atoms with Gasteiger partial charge < -0.3 is 15.2 Å². The van der Waals surface area contributed by atoms with Crippen LogP contribution in [0.15, 0.2) is 65.8 Å². The Hall–Kier alpha value is -3.92. The third kappa shape index (κ3) is 5.52. The zero-order valence-corrected chi connectivity index (χ0v) is 20.3. The van der Waals surface area contributed by atoms with Crippen molar-refractivity contribution in [2.75, 3.05) is 15.4 Å². The molecule has 0 bridgehead atoms. The van der Waals surface area contributed by atoms with Crippen LogP contribution >= 0.6 is 0 Å². The maximum atomic E-state index is 12.7. The smallest absolute Gasteiger partial charge is 0.280 e. The normalized spacial score (nSPS) is 11.3. The SMILES string of the molecule is CCn1cc(S(=O)(=O)Nc2ccc(Nc3cc(C)nc(Nc4ccc(C)cc4)n3)cc2)nc1C. The number of sulfonamides is 1. The highest BCUT2D eigenvalue weighted by Gasteiger charge is 2.19. The molecular formula is C24H27N7O2S. The molecule has 4 rings (SSSR count). The van der Waals surface area contributed by atoms with Crippen LogP contribution in [0, 0.1) is 20.8 Å². The first-order chi connectivity index (χ1) is 16.2. The largest absolute Gasteiger partial charge is 0.340 e. The fraction of sp³-hybridized carbons (Fsp3) is 0.208. The van der Waals surface area contributed by atoms with Crippen LogP contribution < -0.4 is 15.4 Å². The molecule has 0 fully saturated rings. The molecule has 0 aliphatic rings. The van der Waals surface area contributed by atoms with Gasteiger partial charge in [-0.25, -0.2) is 9.97 Å². The maximum Gasteiger partial charge on any atom is 0.280 e. The summed E-state index contributed by atoms with van der Waals surface area (Å²) in [4.78, 5) is 13.1. The van der Waals surface area contributed by atoms with Gasteiger partial charge in [-0.3, -0.25) is 4.72 Å². The van der Waals surface area contributed by atoms with Gasteiger partial charge in [0.1, 0.15) is 11.6 Å². The van der Waals surface area contributed by atoms with E-state index in [1.54, 1.807) is 35.8 Å². The van der Waals surface area contributed by atoms with Crippen LogP contribution in [0.5, 0.6) is 0 Å². The van der Waals surface area contributed by atoms with E-state index in [0.717, 1.165) is 17.1 Å². The predicted molar refractivity (Wildman–Crippen MR) is 134 cm³/mol. The van der Waals surface area contributed by atoms with Crippen molar-refractivity contribution in [3.63, 3.8) is 0 Å². The quantitative estimate of drug-likeness (QED) is 0.330. The zero-order chi connectivity index (χ0) is 24.3. The second-order valence-electron chi connectivity index (χ2n) is 7.93. The van der Waals surface area contributed by atoms with Crippen molar-refractivity contribution in [3.8, 4) is 0 Å². The number of rotatable bonds is 8. The Labute approximate surface area is 199 Å². The Bertz CT molecular complexity index is 1400. The van der Waals surface area contributed by atoms with Crippen LogP contribution in [-0.2, 0) is 16.6 Å². The second kappa shape index (κ2) is 9.52. The fourth-order valence-electron chi connectivity index (χ4n) is 3.36. The molecule has 0 unspecified atom stereocenters. The van der Waals surface area contributed by atoms with Crippen molar-refractivity contribution in [2.45, 2.75) is 39.3 Å². The van der Waals surface area contributed by atoms with Crippen molar-refractivity contribution in [2.24, 2.45) is 0 Å². The number of nitrogens with one attached hydrogen (secondary N) is 3. The van der Waals surface area contributed by atoms with Gasteiger partial charge in [-0.15, -0.1) is 0 Å². The molecule has 0 saturated heterocycles. The third-order valence-electron chi connectivity index (χ3n) is 5.14. The molecule has 10 heteroatoms. The summed E-state index contributed by atoms with van der Waals surface area (Å²) in [6, 6.07) is 16.7. The van der Waals surface area contributed by atoms with Gasteiger partial charge in [0.25, 0.3) is 10.0 Å². The van der Waals surface area contributed by atoms with E-state index in [1.165, 1.54) is 11.8 Å². The van der Waals surface area contributed by atoms with Gasteiger partial charge in [-0.05, 0) is 64.1 Å². The standard InChI is InChI=1S/C24H27N7O2S/c1-5-31-15-23(26-18(31)4)34(32,33)30-21-12-10-19(11-13-21)27-22-14-17(3)25-24(29-22)28-20-8-6-16(2)7-9-20/h6-15,30H,5H2,1-4H3,(H2,25,27,28,29). The molecule has 2 aromatic carbocycles. The van der Waals surface area contributed by atoms with Crippen LogP contribution in [0.2, 0.25) is 0 Å². The minimum absolute atomic E-state index is 0.000816. The van der Waals surface area contributed by atoms with Crippen LogP contribution in [0.1, 0.15) is 24.0 Å². The molecule has 0 aliphatic heterocycles. The van der Waals surface area contributed by atoms with E-state index < -0.39 is 10.0 Å². The predicted octanol–water partition coefficient (Wildman–Crippen LogP) is 4.91. The Morgan fingerprint density at radius 3 is 2.09 bits per heavy atom. The third-order valence-corrected chi connectivity index (χ3v) is 6.39. The van der Waals surface area contributed by atoms with Gasteiger partial charge in [0.05, 0.1) is 0 Å². The molecule has 0 spiro atoms. The minimum atomic E-state index is -3.77. The number of nitrogens with zero attached hydrogens (tertiary/aromatic N) is 4. The van der Waals surface area contributed by atoms with Gasteiger partial charge in [-0.2, -0.15) is 13.4 Å². The number of aromatic nitrogens is 4. The Balaban J connectivity index is 1.46. The molecule has 0 radical (unpaired) electrons. The summed E-state index contributed by atoms with van der Waals surface area (Å²) < 4.78 is 29.7. The number of anilines is 5. The van der Waals surface area contributed by atoms with Crippen molar-refractivity contribution >= 4 is 38.9 Å². The van der Waals surface area contributed by atoms with Crippen molar-refractivity contribution in [1.29, 1.82) is 0 Å². The zero-order valence-electron chi connectivity index (χ0n) is 19.5. The summed E-state index contributed by atoms with van der Waals surface area (Å²) in [6.45, 7) is 8.29. The highest BCUT2D eigenvalue weighted by Crippen LogP contribution is 2.22. The highest BCUT2D eigenvalue weighted by atomic mass is 32.2. The molecule has 3 N–H and O–H groups in total. The van der Waals surface area contributed by atoms with Crippen molar-refractivity contribution in [1.82, 2.24) is 19.5 Å². The number of imidazole rings is 1. The summed E-state index contributed by atoms with van der Waals surface area (Å²) >= 11 is 0. The van der Waals surface area contributed by atoms with Crippen LogP contribution in [0.4, 0.5) is 28.8 Å². The van der Waals surface area contributed by atoms with E-state index in [2.05, 4.69) is 30.3 Å². The first-order valence-electron chi connectivity index (χ1n) is 10.8. The van der Waals surface area contributed by atoms with Gasteiger partial charge in [0.15, 0.2) is 5.03 Å². The Morgan fingerprint density at radius 2 is 1.44 bits per heavy atom. The lowest BCUT2D eigenvalue weighted by molar-refractivity contribution is 0.598. The number of aryl methyl sites for hydroxylation is 4. The molecule has 176 valence electrons. The van der Waals surface area contributed by atoms with E-state index in [0.29, 0.717) is 29.8 Å². The topological polar surface area (TPSA) is 114 Å². The summed E-state index contributed by atoms with van der Waals surface area (Å²) in [5.41, 5.74) is 4.08. The molecule has 0 amide bonds. The minimum Gasteiger partial charge on any atom is -0.340 e. The molecule has 9 nitrogen and oxygen atoms in total. The summed E-state index contributed by atoms with van der Waals surface area (Å²) in [7, 11) is -3.77. The first-order valence-corrected chi connectivity index (χ1v) is 12.3. The van der Waals surface area contributed by atoms with E-state index in [-0.39, 0.29) is 5.03 Å².